The van der Waals surface area contributed by atoms with Crippen molar-refractivity contribution in [1.29, 1.82) is 0 Å². The lowest BCUT2D eigenvalue weighted by atomic mass is 10.1. The third kappa shape index (κ3) is 50.9. The molecule has 0 amide bonds. The minimum absolute atomic E-state index is 0.116. The Kier molecular flexibility index (Phi) is 49.5. The smallest absolute Gasteiger partial charge is 0.306 e. The third-order valence-corrected chi connectivity index (χ3v) is 10.8. The number of carbonyl (C=O) groups excluding carboxylic acids is 3. The molecule has 0 aromatic heterocycles. The highest BCUT2D eigenvalue weighted by molar-refractivity contribution is 5.71. The van der Waals surface area contributed by atoms with Gasteiger partial charge in [-0.3, -0.25) is 14.4 Å². The van der Waals surface area contributed by atoms with Crippen LogP contribution >= 0.6 is 0 Å². The van der Waals surface area contributed by atoms with Gasteiger partial charge < -0.3 is 14.2 Å². The van der Waals surface area contributed by atoms with Crippen LogP contribution in [0.1, 0.15) is 226 Å². The summed E-state index contributed by atoms with van der Waals surface area (Å²) in [5, 5.41) is 0. The predicted octanol–water partition coefficient (Wildman–Crippen LogP) is 17.5. The Bertz CT molecular complexity index is 1360. The highest BCUT2D eigenvalue weighted by atomic mass is 16.6. The number of unbranched alkanes of at least 4 members (excludes halogenated alkanes) is 19. The van der Waals surface area contributed by atoms with Gasteiger partial charge in [0.25, 0.3) is 0 Å². The first-order chi connectivity index (χ1) is 32.0. The van der Waals surface area contributed by atoms with Crippen molar-refractivity contribution in [2.24, 2.45) is 0 Å². The number of hydrogen-bond acceptors (Lipinski definition) is 6. The maximum Gasteiger partial charge on any atom is 0.306 e. The molecule has 0 aliphatic heterocycles. The Morgan fingerprint density at radius 3 is 1.14 bits per heavy atom. The molecular weight excluding hydrogens is 805 g/mol. The van der Waals surface area contributed by atoms with Crippen molar-refractivity contribution in [2.75, 3.05) is 13.2 Å². The second kappa shape index (κ2) is 52.7. The minimum Gasteiger partial charge on any atom is -0.462 e. The molecule has 0 bridgehead atoms. The highest BCUT2D eigenvalue weighted by Gasteiger charge is 2.19. The van der Waals surface area contributed by atoms with Crippen molar-refractivity contribution in [3.05, 3.63) is 109 Å². The highest BCUT2D eigenvalue weighted by Crippen LogP contribution is 2.12. The predicted molar refractivity (Wildman–Crippen MR) is 279 cm³/mol. The topological polar surface area (TPSA) is 78.9 Å². The van der Waals surface area contributed by atoms with E-state index in [0.29, 0.717) is 19.3 Å². The van der Waals surface area contributed by atoms with Crippen molar-refractivity contribution in [3.63, 3.8) is 0 Å². The van der Waals surface area contributed by atoms with Gasteiger partial charge in [0.05, 0.1) is 0 Å². The number of rotatable bonds is 46. The molecule has 0 saturated carbocycles. The molecule has 1 atom stereocenters. The van der Waals surface area contributed by atoms with E-state index in [0.717, 1.165) is 122 Å². The van der Waals surface area contributed by atoms with Gasteiger partial charge in [0.1, 0.15) is 13.2 Å². The quantitative estimate of drug-likeness (QED) is 0.0199. The molecule has 6 nitrogen and oxygen atoms in total. The zero-order valence-corrected chi connectivity index (χ0v) is 42.0. The van der Waals surface area contributed by atoms with E-state index in [1.54, 1.807) is 0 Å². The largest absolute Gasteiger partial charge is 0.462 e. The summed E-state index contributed by atoms with van der Waals surface area (Å²) >= 11 is 0. The third-order valence-electron chi connectivity index (χ3n) is 10.8. The van der Waals surface area contributed by atoms with Crippen LogP contribution in [0.4, 0.5) is 0 Å². The van der Waals surface area contributed by atoms with Gasteiger partial charge >= 0.3 is 17.9 Å². The van der Waals surface area contributed by atoms with Crippen LogP contribution in [0.15, 0.2) is 109 Å². The SMILES string of the molecule is CC/C=C\C/C=C\CCCCCCCC(=O)OCC(COC(=O)CCCCCCC\C=C/C=C\C=C/CCCCCCC)OC(=O)CCC/C=C\C/C=C\C/C=C\C/C=C\CCCCC. The van der Waals surface area contributed by atoms with Gasteiger partial charge in [0.15, 0.2) is 6.10 Å². The van der Waals surface area contributed by atoms with Crippen molar-refractivity contribution < 1.29 is 28.6 Å². The molecule has 1 unspecified atom stereocenters. The first-order valence-corrected chi connectivity index (χ1v) is 26.4. The summed E-state index contributed by atoms with van der Waals surface area (Å²) in [7, 11) is 0. The minimum atomic E-state index is -0.822. The molecule has 0 radical (unpaired) electrons. The maximum absolute atomic E-state index is 12.8. The van der Waals surface area contributed by atoms with Crippen LogP contribution in [0.2, 0.25) is 0 Å². The first-order valence-electron chi connectivity index (χ1n) is 26.4. The monoisotopic (exact) mass is 901 g/mol. The number of ether oxygens (including phenoxy) is 3. The van der Waals surface area contributed by atoms with E-state index in [9.17, 15) is 14.4 Å². The molecule has 0 rings (SSSR count). The fourth-order valence-corrected chi connectivity index (χ4v) is 6.83. The van der Waals surface area contributed by atoms with Gasteiger partial charge in [-0.05, 0) is 109 Å². The zero-order chi connectivity index (χ0) is 47.2. The molecule has 0 N–H and O–H groups in total. The Balaban J connectivity index is 4.54. The van der Waals surface area contributed by atoms with E-state index < -0.39 is 6.10 Å². The second-order valence-electron chi connectivity index (χ2n) is 17.1. The molecule has 0 saturated heterocycles. The first kappa shape index (κ1) is 61.1. The van der Waals surface area contributed by atoms with E-state index >= 15 is 0 Å². The van der Waals surface area contributed by atoms with Crippen LogP contribution < -0.4 is 0 Å². The van der Waals surface area contributed by atoms with E-state index in [-0.39, 0.29) is 37.5 Å². The molecule has 0 aliphatic rings. The lowest BCUT2D eigenvalue weighted by molar-refractivity contribution is -0.167. The number of allylic oxidation sites excluding steroid dienone is 18. The van der Waals surface area contributed by atoms with Gasteiger partial charge in [-0.1, -0.05) is 207 Å². The summed E-state index contributed by atoms with van der Waals surface area (Å²) in [5.74, 6) is -1.01. The standard InChI is InChI=1S/C59H96O6/c1-4-7-10-13-16-19-22-25-27-29-31-32-34-37-40-43-46-49-52-58(61)64-55-56(54-63-57(60)51-48-45-42-39-36-24-21-18-15-12-9-6-3)65-59(62)53-50-47-44-41-38-35-33-30-28-26-23-20-17-14-11-8-5-2/h9,12,17-18,20-22,25-29,31-33,35,41,44,56H,4-8,10-11,13-16,19,23-24,30,34,36-40,42-43,45-55H2,1-3H3/b12-9-,20-17-,21-18-,25-22-,28-26-,29-27-,32-31-,35-33-,44-41-. The van der Waals surface area contributed by atoms with Gasteiger partial charge in [-0.25, -0.2) is 0 Å². The molecule has 0 spiro atoms. The van der Waals surface area contributed by atoms with Crippen LogP contribution in [0, 0.1) is 0 Å². The molecule has 0 fully saturated rings. The fourth-order valence-electron chi connectivity index (χ4n) is 6.83. The molecule has 0 aromatic carbocycles. The molecule has 0 heterocycles. The Hall–Kier alpha value is -3.93. The molecular formula is C59H96O6. The maximum atomic E-state index is 12.8. The van der Waals surface area contributed by atoms with Crippen LogP contribution in [-0.2, 0) is 28.6 Å². The summed E-state index contributed by atoms with van der Waals surface area (Å²) in [6.45, 7) is 6.39. The van der Waals surface area contributed by atoms with Crippen molar-refractivity contribution in [3.8, 4) is 0 Å². The average molecular weight is 901 g/mol. The van der Waals surface area contributed by atoms with E-state index in [1.165, 1.54) is 57.8 Å². The lowest BCUT2D eigenvalue weighted by Crippen LogP contribution is -2.30. The van der Waals surface area contributed by atoms with Crippen LogP contribution in [0.25, 0.3) is 0 Å². The summed E-state index contributed by atoms with van der Waals surface area (Å²) in [5.41, 5.74) is 0. The fraction of sp³-hybridized carbons (Fsp3) is 0.644. The van der Waals surface area contributed by atoms with Crippen LogP contribution in [0.3, 0.4) is 0 Å². The van der Waals surface area contributed by atoms with Crippen molar-refractivity contribution in [1.82, 2.24) is 0 Å². The summed E-state index contributed by atoms with van der Waals surface area (Å²) in [6, 6.07) is 0. The average Bonchev–Trinajstić information content (AvgIpc) is 3.30. The normalized spacial score (nSPS) is 13.0. The van der Waals surface area contributed by atoms with E-state index in [2.05, 4.69) is 130 Å². The summed E-state index contributed by atoms with van der Waals surface area (Å²) in [6.07, 6.45) is 70.8. The Labute approximate surface area is 400 Å². The van der Waals surface area contributed by atoms with Crippen LogP contribution in [0.5, 0.6) is 0 Å². The van der Waals surface area contributed by atoms with Gasteiger partial charge in [-0.2, -0.15) is 0 Å². The zero-order valence-electron chi connectivity index (χ0n) is 42.0. The van der Waals surface area contributed by atoms with Crippen molar-refractivity contribution >= 4 is 17.9 Å². The van der Waals surface area contributed by atoms with Crippen molar-refractivity contribution in [2.45, 2.75) is 232 Å². The van der Waals surface area contributed by atoms with Gasteiger partial charge in [0, 0.05) is 19.3 Å². The molecule has 0 aliphatic carbocycles. The Morgan fingerprint density at radius 2 is 0.677 bits per heavy atom. The summed E-state index contributed by atoms with van der Waals surface area (Å²) < 4.78 is 16.7. The van der Waals surface area contributed by atoms with E-state index in [4.69, 9.17) is 14.2 Å². The number of esters is 3. The second-order valence-corrected chi connectivity index (χ2v) is 17.1. The van der Waals surface area contributed by atoms with Crippen LogP contribution in [-0.4, -0.2) is 37.2 Å². The Morgan fingerprint density at radius 1 is 0.338 bits per heavy atom. The number of carbonyl (C=O) groups is 3. The van der Waals surface area contributed by atoms with E-state index in [1.807, 2.05) is 0 Å². The summed E-state index contributed by atoms with van der Waals surface area (Å²) in [4.78, 5) is 38.0. The van der Waals surface area contributed by atoms with Gasteiger partial charge in [0.2, 0.25) is 0 Å². The molecule has 0 aromatic rings. The lowest BCUT2D eigenvalue weighted by Gasteiger charge is -2.18. The molecule has 368 valence electrons. The molecule has 65 heavy (non-hydrogen) atoms. The van der Waals surface area contributed by atoms with Gasteiger partial charge in [-0.15, -0.1) is 0 Å². The number of hydrogen-bond donors (Lipinski definition) is 0. The molecule has 6 heteroatoms.